The van der Waals surface area contributed by atoms with Gasteiger partial charge in [0.05, 0.1) is 17.1 Å². The molecule has 2 aromatic carbocycles. The van der Waals surface area contributed by atoms with Crippen molar-refractivity contribution in [2.75, 3.05) is 0 Å². The van der Waals surface area contributed by atoms with Crippen molar-refractivity contribution in [2.24, 2.45) is 0 Å². The predicted molar refractivity (Wildman–Crippen MR) is 132 cm³/mol. The van der Waals surface area contributed by atoms with Crippen LogP contribution in [0.1, 0.15) is 42.1 Å². The molecule has 0 spiro atoms. The summed E-state index contributed by atoms with van der Waals surface area (Å²) in [7, 11) is 0. The molecule has 0 radical (unpaired) electrons. The molecule has 1 aliphatic carbocycles. The molecule has 0 unspecified atom stereocenters. The zero-order valence-electron chi connectivity index (χ0n) is 18.6. The minimum absolute atomic E-state index is 0.0424. The quantitative estimate of drug-likeness (QED) is 0.350. The van der Waals surface area contributed by atoms with Crippen LogP contribution in [0.15, 0.2) is 52.9 Å². The van der Waals surface area contributed by atoms with E-state index < -0.39 is 5.82 Å². The summed E-state index contributed by atoms with van der Waals surface area (Å²) in [5.41, 5.74) is 1.61. The van der Waals surface area contributed by atoms with E-state index in [2.05, 4.69) is 25.8 Å². The zero-order chi connectivity index (χ0) is 24.4. The second-order valence-electron chi connectivity index (χ2n) is 8.57. The second kappa shape index (κ2) is 10.3. The number of rotatable bonds is 6. The Kier molecular flexibility index (Phi) is 6.95. The van der Waals surface area contributed by atoms with Gasteiger partial charge in [-0.2, -0.15) is 0 Å². The van der Waals surface area contributed by atoms with Crippen molar-refractivity contribution >= 4 is 40.0 Å². The molecule has 4 aromatic rings. The number of fused-ring (bicyclic) bond motifs is 1. The molecule has 2 N–H and O–H groups in total. The Morgan fingerprint density at radius 1 is 1.00 bits per heavy atom. The number of amides is 1. The number of carbonyl (C=O) groups excluding carboxylic acids is 1. The molecular weight excluding hydrogens is 492 g/mol. The first-order valence-corrected chi connectivity index (χ1v) is 12.1. The van der Waals surface area contributed by atoms with Crippen LogP contribution in [0.5, 0.6) is 0 Å². The number of pyridine rings is 1. The third-order valence-electron chi connectivity index (χ3n) is 6.12. The van der Waals surface area contributed by atoms with Crippen molar-refractivity contribution < 1.29 is 13.6 Å². The van der Waals surface area contributed by atoms with Crippen LogP contribution in [0.25, 0.3) is 22.4 Å². The number of halogens is 3. The van der Waals surface area contributed by atoms with E-state index >= 15 is 0 Å². The molecule has 2 aromatic heterocycles. The number of nitrogens with one attached hydrogen (secondary N) is 2. The average molecular weight is 514 g/mol. The fraction of sp³-hybridized carbons (Fsp3) is 0.280. The Morgan fingerprint density at radius 2 is 1.80 bits per heavy atom. The summed E-state index contributed by atoms with van der Waals surface area (Å²) in [6.45, 7) is 0.412. The standard InChI is InChI=1S/C25H22Cl2FN5O2/c26-16-3-10-21-14(11-16)2-9-22(31-21)24(34)30-18-6-4-17(5-7-18)29-13-23-32-33-25(35-23)15-1-8-19(27)20(28)12-15/h1-3,8-12,17-18,29H,4-7,13H2,(H,30,34)/t17-,18-. The Bertz CT molecular complexity index is 1370. The van der Waals surface area contributed by atoms with Gasteiger partial charge in [0, 0.05) is 28.1 Å². The third-order valence-corrected chi connectivity index (χ3v) is 6.66. The van der Waals surface area contributed by atoms with Crippen molar-refractivity contribution in [3.8, 4) is 11.5 Å². The Balaban J connectivity index is 1.10. The van der Waals surface area contributed by atoms with Crippen molar-refractivity contribution in [1.29, 1.82) is 0 Å². The topological polar surface area (TPSA) is 92.9 Å². The highest BCUT2D eigenvalue weighted by Crippen LogP contribution is 2.24. The van der Waals surface area contributed by atoms with Crippen LogP contribution >= 0.6 is 23.2 Å². The van der Waals surface area contributed by atoms with Gasteiger partial charge in [0.1, 0.15) is 11.5 Å². The van der Waals surface area contributed by atoms with Crippen LogP contribution in [-0.2, 0) is 6.54 Å². The summed E-state index contributed by atoms with van der Waals surface area (Å²) in [6.07, 6.45) is 3.51. The molecule has 1 aliphatic rings. The van der Waals surface area contributed by atoms with E-state index in [1.807, 2.05) is 18.2 Å². The van der Waals surface area contributed by atoms with Crippen LogP contribution in [0.4, 0.5) is 4.39 Å². The van der Waals surface area contributed by atoms with Gasteiger partial charge in [-0.25, -0.2) is 9.37 Å². The summed E-state index contributed by atoms with van der Waals surface area (Å²) < 4.78 is 19.3. The van der Waals surface area contributed by atoms with E-state index in [0.29, 0.717) is 28.7 Å². The maximum atomic E-state index is 13.7. The first-order chi connectivity index (χ1) is 16.9. The molecule has 180 valence electrons. The largest absolute Gasteiger partial charge is 0.419 e. The second-order valence-corrected chi connectivity index (χ2v) is 9.41. The van der Waals surface area contributed by atoms with E-state index in [1.54, 1.807) is 18.2 Å². The van der Waals surface area contributed by atoms with Crippen molar-refractivity contribution in [1.82, 2.24) is 25.8 Å². The number of hydrogen-bond donors (Lipinski definition) is 2. The number of benzene rings is 2. The molecule has 10 heteroatoms. The van der Waals surface area contributed by atoms with Crippen molar-refractivity contribution in [2.45, 2.75) is 44.3 Å². The van der Waals surface area contributed by atoms with E-state index in [-0.39, 0.29) is 28.9 Å². The van der Waals surface area contributed by atoms with Gasteiger partial charge >= 0.3 is 0 Å². The lowest BCUT2D eigenvalue weighted by Crippen LogP contribution is -2.42. The molecule has 2 heterocycles. The van der Waals surface area contributed by atoms with Gasteiger partial charge in [-0.15, -0.1) is 10.2 Å². The molecule has 1 amide bonds. The van der Waals surface area contributed by atoms with E-state index in [4.69, 9.17) is 27.6 Å². The predicted octanol–water partition coefficient (Wildman–Crippen LogP) is 5.56. The van der Waals surface area contributed by atoms with Gasteiger partial charge in [-0.1, -0.05) is 29.3 Å². The van der Waals surface area contributed by atoms with Gasteiger partial charge in [0.15, 0.2) is 0 Å². The van der Waals surface area contributed by atoms with E-state index in [0.717, 1.165) is 36.6 Å². The van der Waals surface area contributed by atoms with Gasteiger partial charge in [0.25, 0.3) is 5.91 Å². The highest BCUT2D eigenvalue weighted by Gasteiger charge is 2.23. The molecular formula is C25H22Cl2FN5O2. The summed E-state index contributed by atoms with van der Waals surface area (Å²) >= 11 is 11.7. The highest BCUT2D eigenvalue weighted by molar-refractivity contribution is 6.31. The first kappa shape index (κ1) is 23.7. The zero-order valence-corrected chi connectivity index (χ0v) is 20.1. The molecule has 0 bridgehead atoms. The van der Waals surface area contributed by atoms with Crippen molar-refractivity contribution in [3.63, 3.8) is 0 Å². The SMILES string of the molecule is O=C(N[C@H]1CC[C@H](NCc2nnc(-c3ccc(Cl)c(F)c3)o2)CC1)c1ccc2cc(Cl)ccc2n1. The van der Waals surface area contributed by atoms with Crippen LogP contribution in [0.3, 0.4) is 0 Å². The lowest BCUT2D eigenvalue weighted by molar-refractivity contribution is 0.0919. The van der Waals surface area contributed by atoms with Crippen LogP contribution in [-0.4, -0.2) is 33.2 Å². The summed E-state index contributed by atoms with van der Waals surface area (Å²) in [6, 6.07) is 13.7. The summed E-state index contributed by atoms with van der Waals surface area (Å²) in [4.78, 5) is 17.2. The normalized spacial score (nSPS) is 18.0. The van der Waals surface area contributed by atoms with Gasteiger partial charge in [-0.05, 0) is 68.1 Å². The molecule has 5 rings (SSSR count). The summed E-state index contributed by atoms with van der Waals surface area (Å²) in [5.74, 6) is -0.0360. The number of nitrogens with zero attached hydrogens (tertiary/aromatic N) is 3. The molecule has 0 saturated heterocycles. The fourth-order valence-electron chi connectivity index (χ4n) is 4.23. The number of carbonyl (C=O) groups is 1. The van der Waals surface area contributed by atoms with Crippen molar-refractivity contribution in [3.05, 3.63) is 76.0 Å². The maximum Gasteiger partial charge on any atom is 0.270 e. The first-order valence-electron chi connectivity index (χ1n) is 11.3. The number of hydrogen-bond acceptors (Lipinski definition) is 6. The summed E-state index contributed by atoms with van der Waals surface area (Å²) in [5, 5.41) is 16.1. The Hall–Kier alpha value is -3.07. The maximum absolute atomic E-state index is 13.7. The van der Waals surface area contributed by atoms with E-state index in [9.17, 15) is 9.18 Å². The Labute approximate surface area is 211 Å². The molecule has 1 saturated carbocycles. The monoisotopic (exact) mass is 513 g/mol. The Morgan fingerprint density at radius 3 is 2.60 bits per heavy atom. The molecule has 7 nitrogen and oxygen atoms in total. The van der Waals surface area contributed by atoms with Crippen LogP contribution in [0.2, 0.25) is 10.0 Å². The number of aromatic nitrogens is 3. The highest BCUT2D eigenvalue weighted by atomic mass is 35.5. The van der Waals surface area contributed by atoms with Crippen LogP contribution in [0, 0.1) is 5.82 Å². The fourth-order valence-corrected chi connectivity index (χ4v) is 4.52. The van der Waals surface area contributed by atoms with Crippen LogP contribution < -0.4 is 10.6 Å². The minimum Gasteiger partial charge on any atom is -0.419 e. The molecule has 0 aliphatic heterocycles. The van der Waals surface area contributed by atoms with E-state index in [1.165, 1.54) is 12.1 Å². The lowest BCUT2D eigenvalue weighted by Gasteiger charge is -2.29. The van der Waals surface area contributed by atoms with Gasteiger partial charge in [-0.3, -0.25) is 4.79 Å². The van der Waals surface area contributed by atoms with Gasteiger partial charge < -0.3 is 15.1 Å². The molecule has 35 heavy (non-hydrogen) atoms. The average Bonchev–Trinajstić information content (AvgIpc) is 3.34. The molecule has 0 atom stereocenters. The smallest absolute Gasteiger partial charge is 0.270 e. The minimum atomic E-state index is -0.535. The lowest BCUT2D eigenvalue weighted by atomic mass is 9.91. The van der Waals surface area contributed by atoms with Gasteiger partial charge in [0.2, 0.25) is 11.8 Å². The third kappa shape index (κ3) is 5.61. The molecule has 1 fully saturated rings.